The molecule has 2 aromatic rings. The summed E-state index contributed by atoms with van der Waals surface area (Å²) in [6, 6.07) is 15.2. The Morgan fingerprint density at radius 1 is 1.04 bits per heavy atom. The number of carbonyl (C=O) groups is 1. The van der Waals surface area contributed by atoms with Gasteiger partial charge in [0.15, 0.2) is 5.78 Å². The van der Waals surface area contributed by atoms with E-state index in [0.29, 0.717) is 36.9 Å². The van der Waals surface area contributed by atoms with Crippen molar-refractivity contribution in [2.75, 3.05) is 25.7 Å². The maximum Gasteiger partial charge on any atom is 0.177 e. The Kier molecular flexibility index (Phi) is 7.10. The fourth-order valence-electron chi connectivity index (χ4n) is 1.99. The van der Waals surface area contributed by atoms with Gasteiger partial charge in [-0.1, -0.05) is 46.3 Å². The van der Waals surface area contributed by atoms with Gasteiger partial charge in [0.1, 0.15) is 24.7 Å². The average Bonchev–Trinajstić information content (AvgIpc) is 2.60. The van der Waals surface area contributed by atoms with E-state index in [0.717, 1.165) is 5.56 Å². The monoisotopic (exact) mass is 378 g/mol. The van der Waals surface area contributed by atoms with Gasteiger partial charge >= 0.3 is 0 Å². The fourth-order valence-corrected chi connectivity index (χ4v) is 2.29. The molecule has 0 fully saturated rings. The van der Waals surface area contributed by atoms with E-state index in [2.05, 4.69) is 15.9 Å². The van der Waals surface area contributed by atoms with Crippen LogP contribution < -0.4 is 9.47 Å². The van der Waals surface area contributed by atoms with Gasteiger partial charge in [-0.3, -0.25) is 4.79 Å². The molecule has 0 aliphatic heterocycles. The van der Waals surface area contributed by atoms with Gasteiger partial charge in [0.05, 0.1) is 17.5 Å². The third kappa shape index (κ3) is 5.37. The van der Waals surface area contributed by atoms with Crippen molar-refractivity contribution in [1.29, 1.82) is 0 Å². The van der Waals surface area contributed by atoms with Crippen LogP contribution in [0, 0.1) is 0 Å². The number of methoxy groups -OCH3 is 1. The molecule has 0 aliphatic rings. The summed E-state index contributed by atoms with van der Waals surface area (Å²) in [5.41, 5.74) is 1.61. The van der Waals surface area contributed by atoms with Crippen molar-refractivity contribution in [2.24, 2.45) is 0 Å². The van der Waals surface area contributed by atoms with Crippen molar-refractivity contribution >= 4 is 21.7 Å². The molecule has 0 heterocycles. The van der Waals surface area contributed by atoms with E-state index < -0.39 is 0 Å². The molecule has 0 spiro atoms. The number of ether oxygens (including phenoxy) is 3. The van der Waals surface area contributed by atoms with Crippen molar-refractivity contribution in [3.05, 3.63) is 59.7 Å². The van der Waals surface area contributed by atoms with Gasteiger partial charge in [0.25, 0.3) is 0 Å². The Hall–Kier alpha value is -1.85. The normalized spacial score (nSPS) is 10.3. The molecule has 0 bridgehead atoms. The van der Waals surface area contributed by atoms with Crippen LogP contribution in [0.15, 0.2) is 48.5 Å². The molecule has 0 aliphatic carbocycles. The molecule has 0 N–H and O–H groups in total. The van der Waals surface area contributed by atoms with Crippen LogP contribution in [0.3, 0.4) is 0 Å². The molecule has 0 saturated heterocycles. The maximum atomic E-state index is 12.0. The number of Topliss-reactive ketones (excluding diaryl/α,β-unsaturated/α-hetero) is 1. The van der Waals surface area contributed by atoms with Gasteiger partial charge in [0, 0.05) is 13.2 Å². The number of alkyl halides is 1. The van der Waals surface area contributed by atoms with Crippen LogP contribution >= 0.6 is 15.9 Å². The Balaban J connectivity index is 2.10. The lowest BCUT2D eigenvalue weighted by atomic mass is 10.1. The van der Waals surface area contributed by atoms with Gasteiger partial charge in [0.2, 0.25) is 0 Å². The second kappa shape index (κ2) is 9.33. The highest BCUT2D eigenvalue weighted by atomic mass is 79.9. The number of hydrogen-bond donors (Lipinski definition) is 0. The third-order valence-corrected chi connectivity index (χ3v) is 3.68. The standard InChI is InChI=1S/C18H19BrO4/c1-21-9-10-22-18-11-15(7-8-16(18)17(20)12-19)23-13-14-5-3-2-4-6-14/h2-8,11H,9-10,12-13H2,1H3. The van der Waals surface area contributed by atoms with Gasteiger partial charge in [-0.25, -0.2) is 0 Å². The molecule has 122 valence electrons. The summed E-state index contributed by atoms with van der Waals surface area (Å²) in [6.07, 6.45) is 0. The lowest BCUT2D eigenvalue weighted by Crippen LogP contribution is -2.09. The van der Waals surface area contributed by atoms with E-state index in [1.54, 1.807) is 25.3 Å². The molecule has 4 nitrogen and oxygen atoms in total. The highest BCUT2D eigenvalue weighted by molar-refractivity contribution is 9.09. The lowest BCUT2D eigenvalue weighted by Gasteiger charge is -2.13. The predicted molar refractivity (Wildman–Crippen MR) is 92.7 cm³/mol. The molecular weight excluding hydrogens is 360 g/mol. The topological polar surface area (TPSA) is 44.8 Å². The zero-order valence-electron chi connectivity index (χ0n) is 13.0. The van der Waals surface area contributed by atoms with Crippen molar-refractivity contribution in [3.63, 3.8) is 0 Å². The first kappa shape index (κ1) is 17.5. The first-order chi connectivity index (χ1) is 11.2. The molecule has 0 amide bonds. The zero-order chi connectivity index (χ0) is 16.5. The Bertz CT molecular complexity index is 628. The maximum absolute atomic E-state index is 12.0. The van der Waals surface area contributed by atoms with E-state index in [-0.39, 0.29) is 11.1 Å². The van der Waals surface area contributed by atoms with Crippen LogP contribution in [0.4, 0.5) is 0 Å². The summed E-state index contributed by atoms with van der Waals surface area (Å²) in [5.74, 6) is 1.14. The number of hydrogen-bond acceptors (Lipinski definition) is 4. The van der Waals surface area contributed by atoms with Crippen LogP contribution in [0.2, 0.25) is 0 Å². The van der Waals surface area contributed by atoms with Crippen LogP contribution in [-0.2, 0) is 11.3 Å². The van der Waals surface area contributed by atoms with Gasteiger partial charge in [-0.15, -0.1) is 0 Å². The molecule has 23 heavy (non-hydrogen) atoms. The Morgan fingerprint density at radius 3 is 2.52 bits per heavy atom. The summed E-state index contributed by atoms with van der Waals surface area (Å²) < 4.78 is 16.4. The first-order valence-electron chi connectivity index (χ1n) is 7.26. The third-order valence-electron chi connectivity index (χ3n) is 3.17. The second-order valence-electron chi connectivity index (χ2n) is 4.83. The lowest BCUT2D eigenvalue weighted by molar-refractivity contribution is 0.101. The van der Waals surface area contributed by atoms with Crippen LogP contribution in [-0.4, -0.2) is 31.4 Å². The summed E-state index contributed by atoms with van der Waals surface area (Å²) in [7, 11) is 1.60. The Labute approximate surface area is 144 Å². The SMILES string of the molecule is COCCOc1cc(OCc2ccccc2)ccc1C(=O)CBr. The summed E-state index contributed by atoms with van der Waals surface area (Å²) in [6.45, 7) is 1.29. The van der Waals surface area contributed by atoms with E-state index in [1.165, 1.54) is 0 Å². The molecule has 0 aromatic heterocycles. The Morgan fingerprint density at radius 2 is 1.83 bits per heavy atom. The van der Waals surface area contributed by atoms with E-state index in [9.17, 15) is 4.79 Å². The minimum Gasteiger partial charge on any atom is -0.490 e. The molecule has 2 rings (SSSR count). The molecule has 0 saturated carbocycles. The quantitative estimate of drug-likeness (QED) is 0.377. The summed E-state index contributed by atoms with van der Waals surface area (Å²) in [4.78, 5) is 12.0. The van der Waals surface area contributed by atoms with Crippen LogP contribution in [0.25, 0.3) is 0 Å². The predicted octanol–water partition coefficient (Wildman–Crippen LogP) is 3.87. The second-order valence-corrected chi connectivity index (χ2v) is 5.39. The van der Waals surface area contributed by atoms with Gasteiger partial charge < -0.3 is 14.2 Å². The van der Waals surface area contributed by atoms with E-state index in [4.69, 9.17) is 14.2 Å². The molecule has 2 aromatic carbocycles. The van der Waals surface area contributed by atoms with E-state index >= 15 is 0 Å². The summed E-state index contributed by atoms with van der Waals surface area (Å²) in [5, 5.41) is 0.248. The molecule has 0 radical (unpaired) electrons. The van der Waals surface area contributed by atoms with Crippen molar-refractivity contribution in [3.8, 4) is 11.5 Å². The number of ketones is 1. The van der Waals surface area contributed by atoms with Gasteiger partial charge in [-0.2, -0.15) is 0 Å². The molecular formula is C18H19BrO4. The first-order valence-corrected chi connectivity index (χ1v) is 8.38. The molecule has 5 heteroatoms. The minimum absolute atomic E-state index is 0.0352. The van der Waals surface area contributed by atoms with Crippen molar-refractivity contribution in [2.45, 2.75) is 6.61 Å². The average molecular weight is 379 g/mol. The number of halogens is 1. The van der Waals surface area contributed by atoms with E-state index in [1.807, 2.05) is 30.3 Å². The smallest absolute Gasteiger partial charge is 0.177 e. The summed E-state index contributed by atoms with van der Waals surface area (Å²) >= 11 is 3.19. The minimum atomic E-state index is -0.0352. The van der Waals surface area contributed by atoms with Crippen LogP contribution in [0.1, 0.15) is 15.9 Å². The zero-order valence-corrected chi connectivity index (χ0v) is 14.5. The highest BCUT2D eigenvalue weighted by Gasteiger charge is 2.13. The fraction of sp³-hybridized carbons (Fsp3) is 0.278. The number of carbonyl (C=O) groups excluding carboxylic acids is 1. The molecule has 0 unspecified atom stereocenters. The number of benzene rings is 2. The van der Waals surface area contributed by atoms with Crippen molar-refractivity contribution in [1.82, 2.24) is 0 Å². The van der Waals surface area contributed by atoms with Crippen LogP contribution in [0.5, 0.6) is 11.5 Å². The molecule has 0 atom stereocenters. The highest BCUT2D eigenvalue weighted by Crippen LogP contribution is 2.26. The van der Waals surface area contributed by atoms with Crippen molar-refractivity contribution < 1.29 is 19.0 Å². The number of rotatable bonds is 9. The van der Waals surface area contributed by atoms with Gasteiger partial charge in [-0.05, 0) is 17.7 Å². The largest absolute Gasteiger partial charge is 0.490 e.